The number of carbonyl (C=O) groups excluding carboxylic acids is 2. The Kier molecular flexibility index (Phi) is 6.25. The van der Waals surface area contributed by atoms with Gasteiger partial charge in [0.1, 0.15) is 0 Å². The fraction of sp³-hybridized carbons (Fsp3) is 0. The second-order valence-electron chi connectivity index (χ2n) is 9.75. The Balaban J connectivity index is 1.02. The summed E-state index contributed by atoms with van der Waals surface area (Å²) in [4.78, 5) is 32.5. The molecule has 7 rings (SSSR count). The van der Waals surface area contributed by atoms with E-state index in [1.54, 1.807) is 48.5 Å². The molecule has 0 unspecified atom stereocenters. The van der Waals surface area contributed by atoms with Gasteiger partial charge in [-0.1, -0.05) is 36.4 Å². The Morgan fingerprint density at radius 3 is 1.36 bits per heavy atom. The third-order valence-corrected chi connectivity index (χ3v) is 6.87. The van der Waals surface area contributed by atoms with Gasteiger partial charge in [-0.2, -0.15) is 9.97 Å². The van der Waals surface area contributed by atoms with Crippen LogP contribution in [0.5, 0.6) is 0 Å². The van der Waals surface area contributed by atoms with E-state index in [1.807, 2.05) is 72.8 Å². The first-order valence-corrected chi connectivity index (χ1v) is 13.3. The van der Waals surface area contributed by atoms with Gasteiger partial charge in [0.2, 0.25) is 22.2 Å². The van der Waals surface area contributed by atoms with Crippen LogP contribution in [0.25, 0.3) is 45.1 Å². The normalized spacial score (nSPS) is 11.0. The number of hydrogen-bond donors (Lipinski definition) is 2. The molecule has 2 amide bonds. The summed E-state index contributed by atoms with van der Waals surface area (Å²) in [6, 6.07) is 36.7. The lowest BCUT2D eigenvalue weighted by molar-refractivity contribution is -0.339. The summed E-state index contributed by atoms with van der Waals surface area (Å²) in [5.74, 6) is 0.632. The van der Waals surface area contributed by atoms with Gasteiger partial charge < -0.3 is 19.5 Å². The molecule has 4 N–H and O–H groups in total. The summed E-state index contributed by atoms with van der Waals surface area (Å²) in [6.07, 6.45) is 0. The highest BCUT2D eigenvalue weighted by atomic mass is 16.4. The number of aromatic nitrogens is 2. The molecule has 0 aliphatic rings. The highest BCUT2D eigenvalue weighted by Crippen LogP contribution is 2.24. The zero-order valence-electron chi connectivity index (χ0n) is 22.2. The van der Waals surface area contributed by atoms with Gasteiger partial charge in [-0.05, 0) is 72.8 Å². The number of rotatable bonds is 6. The number of aromatic amines is 2. The van der Waals surface area contributed by atoms with Crippen LogP contribution in [0.2, 0.25) is 0 Å². The largest absolute Gasteiger partial charge is 0.398 e. The van der Waals surface area contributed by atoms with Crippen LogP contribution in [0.4, 0.5) is 11.4 Å². The van der Waals surface area contributed by atoms with Crippen molar-refractivity contribution in [3.8, 4) is 22.9 Å². The first-order valence-electron chi connectivity index (χ1n) is 13.3. The number of H-pyrrole nitrogens is 2. The smallest absolute Gasteiger partial charge is 0.379 e. The number of nitrogens with one attached hydrogen (secondary N) is 4. The molecule has 0 fully saturated rings. The SMILES string of the molecule is O=C(Nc1ccc(NC(=O)c2cccc(-c3[nH+]c4ccccc4o3)c2)cc1)c1cccc(-c2[nH+]c3ccccc3o2)c1. The minimum Gasteiger partial charge on any atom is -0.398 e. The Bertz CT molecular complexity index is 1880. The van der Waals surface area contributed by atoms with Crippen LogP contribution in [0.3, 0.4) is 0 Å². The van der Waals surface area contributed by atoms with E-state index in [0.717, 1.165) is 33.3 Å². The average Bonchev–Trinajstić information content (AvgIpc) is 3.67. The zero-order chi connectivity index (χ0) is 28.5. The van der Waals surface area contributed by atoms with Gasteiger partial charge in [0.25, 0.3) is 11.8 Å². The molecule has 0 aliphatic heterocycles. The Morgan fingerprint density at radius 1 is 0.500 bits per heavy atom. The summed E-state index contributed by atoms with van der Waals surface area (Å²) in [6.45, 7) is 0. The molecule has 0 spiro atoms. The Hall–Kier alpha value is -6.02. The second kappa shape index (κ2) is 10.5. The minimum absolute atomic E-state index is 0.260. The van der Waals surface area contributed by atoms with E-state index in [4.69, 9.17) is 8.83 Å². The lowest BCUT2D eigenvalue weighted by Gasteiger charge is -2.09. The maximum atomic E-state index is 13.0. The number of anilines is 2. The highest BCUT2D eigenvalue weighted by molar-refractivity contribution is 6.06. The lowest BCUT2D eigenvalue weighted by Crippen LogP contribution is -2.13. The molecule has 0 radical (unpaired) electrons. The van der Waals surface area contributed by atoms with Gasteiger partial charge in [0, 0.05) is 34.6 Å². The van der Waals surface area contributed by atoms with E-state index < -0.39 is 0 Å². The van der Waals surface area contributed by atoms with Gasteiger partial charge in [-0.25, -0.2) is 0 Å². The molecule has 42 heavy (non-hydrogen) atoms. The first kappa shape index (κ1) is 25.0. The van der Waals surface area contributed by atoms with Crippen molar-refractivity contribution in [1.82, 2.24) is 0 Å². The van der Waals surface area contributed by atoms with Crippen molar-refractivity contribution in [3.05, 3.63) is 132 Å². The van der Waals surface area contributed by atoms with E-state index in [2.05, 4.69) is 20.6 Å². The number of fused-ring (bicyclic) bond motifs is 2. The summed E-state index contributed by atoms with van der Waals surface area (Å²) in [5, 5.41) is 5.81. The molecular weight excluding hydrogens is 528 g/mol. The van der Waals surface area contributed by atoms with Crippen LogP contribution < -0.4 is 20.6 Å². The van der Waals surface area contributed by atoms with Crippen molar-refractivity contribution in [2.24, 2.45) is 0 Å². The van der Waals surface area contributed by atoms with E-state index in [0.29, 0.717) is 34.3 Å². The molecule has 2 aromatic heterocycles. The summed E-state index contributed by atoms with van der Waals surface area (Å²) < 4.78 is 11.8. The second-order valence-corrected chi connectivity index (χ2v) is 9.75. The highest BCUT2D eigenvalue weighted by Gasteiger charge is 2.18. The van der Waals surface area contributed by atoms with E-state index in [-0.39, 0.29) is 11.8 Å². The van der Waals surface area contributed by atoms with Crippen LogP contribution in [-0.2, 0) is 0 Å². The minimum atomic E-state index is -0.260. The third kappa shape index (κ3) is 5.00. The third-order valence-electron chi connectivity index (χ3n) is 6.87. The predicted molar refractivity (Wildman–Crippen MR) is 159 cm³/mol. The standard InChI is InChI=1S/C34H22N4O4/c39-31(21-7-5-9-23(19-21)33-37-27-11-1-3-13-29(27)41-33)35-25-15-17-26(18-16-25)36-32(40)22-8-6-10-24(20-22)34-38-28-12-2-4-14-30(28)42-34/h1-20H,(H,35,39)(H,36,40)/p+2. The summed E-state index contributed by atoms with van der Waals surface area (Å²) >= 11 is 0. The maximum absolute atomic E-state index is 13.0. The van der Waals surface area contributed by atoms with Crippen LogP contribution in [0.15, 0.2) is 130 Å². The van der Waals surface area contributed by atoms with Crippen LogP contribution in [0.1, 0.15) is 20.7 Å². The molecule has 5 aromatic carbocycles. The molecule has 0 saturated heterocycles. The fourth-order valence-electron chi connectivity index (χ4n) is 4.74. The predicted octanol–water partition coefficient (Wildman–Crippen LogP) is 6.65. The Morgan fingerprint density at radius 2 is 0.929 bits per heavy atom. The zero-order valence-corrected chi connectivity index (χ0v) is 22.2. The van der Waals surface area contributed by atoms with Gasteiger partial charge in [0.15, 0.2) is 0 Å². The van der Waals surface area contributed by atoms with Gasteiger partial charge in [0.05, 0.1) is 11.1 Å². The van der Waals surface area contributed by atoms with E-state index >= 15 is 0 Å². The molecule has 0 aliphatic carbocycles. The van der Waals surface area contributed by atoms with Crippen molar-refractivity contribution < 1.29 is 28.4 Å². The Labute approximate surface area is 239 Å². The number of oxazole rings is 2. The molecule has 0 saturated carbocycles. The number of benzene rings is 5. The quantitative estimate of drug-likeness (QED) is 0.241. The van der Waals surface area contributed by atoms with Crippen LogP contribution >= 0.6 is 0 Å². The van der Waals surface area contributed by atoms with Crippen molar-refractivity contribution in [1.29, 1.82) is 0 Å². The maximum Gasteiger partial charge on any atom is 0.379 e. The number of hydrogen-bond acceptors (Lipinski definition) is 4. The van der Waals surface area contributed by atoms with Crippen molar-refractivity contribution in [2.75, 3.05) is 10.6 Å². The van der Waals surface area contributed by atoms with Gasteiger partial charge in [-0.3, -0.25) is 9.59 Å². The molecule has 2 heterocycles. The average molecular weight is 553 g/mol. The topological polar surface area (TPSA) is 113 Å². The van der Waals surface area contributed by atoms with Crippen molar-refractivity contribution in [3.63, 3.8) is 0 Å². The number of carbonyl (C=O) groups is 2. The van der Waals surface area contributed by atoms with Crippen molar-refractivity contribution >= 4 is 45.4 Å². The molecule has 8 heteroatoms. The molecule has 0 atom stereocenters. The lowest BCUT2D eigenvalue weighted by atomic mass is 10.1. The van der Waals surface area contributed by atoms with E-state index in [9.17, 15) is 9.59 Å². The van der Waals surface area contributed by atoms with Crippen molar-refractivity contribution in [2.45, 2.75) is 0 Å². The van der Waals surface area contributed by atoms with E-state index in [1.165, 1.54) is 0 Å². The van der Waals surface area contributed by atoms with Crippen LogP contribution in [0, 0.1) is 0 Å². The first-order chi connectivity index (χ1) is 20.6. The molecule has 8 nitrogen and oxygen atoms in total. The molecule has 7 aromatic rings. The van der Waals surface area contributed by atoms with Gasteiger partial charge in [-0.15, -0.1) is 0 Å². The number of amides is 2. The monoisotopic (exact) mass is 552 g/mol. The summed E-state index contributed by atoms with van der Waals surface area (Å²) in [5.41, 5.74) is 6.94. The fourth-order valence-corrected chi connectivity index (χ4v) is 4.74. The summed E-state index contributed by atoms with van der Waals surface area (Å²) in [7, 11) is 0. The van der Waals surface area contributed by atoms with Crippen LogP contribution in [-0.4, -0.2) is 11.8 Å². The number of para-hydroxylation sites is 4. The molecule has 202 valence electrons. The molecular formula is C34H24N4O4+2. The molecule has 0 bridgehead atoms. The van der Waals surface area contributed by atoms with Gasteiger partial charge >= 0.3 is 11.8 Å².